The lowest BCUT2D eigenvalue weighted by atomic mass is 10.3. The fourth-order valence-corrected chi connectivity index (χ4v) is 1.43. The summed E-state index contributed by atoms with van der Waals surface area (Å²) < 4.78 is 2.13. The predicted octanol–water partition coefficient (Wildman–Crippen LogP) is 0.328. The number of anilines is 1. The minimum absolute atomic E-state index is 0.0312. The highest BCUT2D eigenvalue weighted by atomic mass is 15.2. The van der Waals surface area contributed by atoms with E-state index in [1.807, 2.05) is 13.1 Å². The highest BCUT2D eigenvalue weighted by Gasteiger charge is 2.16. The first-order valence-electron chi connectivity index (χ1n) is 3.84. The van der Waals surface area contributed by atoms with Crippen molar-refractivity contribution < 1.29 is 0 Å². The Morgan fingerprint density at radius 1 is 1.82 bits per heavy atom. The van der Waals surface area contributed by atoms with Crippen LogP contribution in [0.3, 0.4) is 0 Å². The number of rotatable bonds is 1. The molecule has 1 aromatic heterocycles. The Hall–Kier alpha value is -1.03. The van der Waals surface area contributed by atoms with Crippen LogP contribution in [0.2, 0.25) is 0 Å². The Morgan fingerprint density at radius 2 is 2.64 bits per heavy atom. The van der Waals surface area contributed by atoms with Crippen LogP contribution < -0.4 is 11.1 Å². The molecule has 0 spiro atoms. The fourth-order valence-electron chi connectivity index (χ4n) is 1.43. The zero-order chi connectivity index (χ0) is 7.84. The second-order valence-corrected chi connectivity index (χ2v) is 2.87. The lowest BCUT2D eigenvalue weighted by Crippen LogP contribution is -2.12. The fraction of sp³-hybridized carbons (Fsp3) is 0.571. The minimum Gasteiger partial charge on any atom is -0.368 e. The summed E-state index contributed by atoms with van der Waals surface area (Å²) in [5.74, 6) is 2.07. The molecule has 0 saturated heterocycles. The monoisotopic (exact) mass is 152 g/mol. The van der Waals surface area contributed by atoms with Crippen molar-refractivity contribution in [3.8, 4) is 0 Å². The van der Waals surface area contributed by atoms with E-state index in [9.17, 15) is 0 Å². The average Bonchev–Trinajstić information content (AvgIpc) is 2.41. The number of nitrogens with zero attached hydrogens (tertiary/aromatic N) is 2. The summed E-state index contributed by atoms with van der Waals surface area (Å²) in [6.45, 7) is 3.94. The van der Waals surface area contributed by atoms with Crippen molar-refractivity contribution in [2.75, 3.05) is 11.9 Å². The Morgan fingerprint density at radius 3 is 3.36 bits per heavy atom. The lowest BCUT2D eigenvalue weighted by molar-refractivity contribution is 0.655. The van der Waals surface area contributed by atoms with E-state index in [-0.39, 0.29) is 6.04 Å². The SMILES string of the molecule is CC(N)c1ncc2n1CCN2. The number of aromatic nitrogens is 2. The van der Waals surface area contributed by atoms with Crippen LogP contribution in [0.1, 0.15) is 18.8 Å². The Labute approximate surface area is 65.4 Å². The molecule has 60 valence electrons. The van der Waals surface area contributed by atoms with Gasteiger partial charge in [0.15, 0.2) is 0 Å². The van der Waals surface area contributed by atoms with E-state index in [4.69, 9.17) is 5.73 Å². The van der Waals surface area contributed by atoms with Crippen LogP contribution in [0.5, 0.6) is 0 Å². The second-order valence-electron chi connectivity index (χ2n) is 2.87. The molecule has 2 rings (SSSR count). The molecule has 1 aromatic rings. The van der Waals surface area contributed by atoms with Gasteiger partial charge in [-0.1, -0.05) is 0 Å². The highest BCUT2D eigenvalue weighted by molar-refractivity contribution is 5.38. The molecule has 4 nitrogen and oxygen atoms in total. The molecule has 1 aliphatic heterocycles. The van der Waals surface area contributed by atoms with Gasteiger partial charge in [-0.3, -0.25) is 0 Å². The first kappa shape index (κ1) is 6.67. The van der Waals surface area contributed by atoms with Crippen molar-refractivity contribution in [2.24, 2.45) is 5.73 Å². The van der Waals surface area contributed by atoms with Crippen LogP contribution in [0.25, 0.3) is 0 Å². The molecule has 3 N–H and O–H groups in total. The van der Waals surface area contributed by atoms with Gasteiger partial charge >= 0.3 is 0 Å². The quantitative estimate of drug-likeness (QED) is 0.609. The van der Waals surface area contributed by atoms with Gasteiger partial charge in [-0.25, -0.2) is 4.98 Å². The largest absolute Gasteiger partial charge is 0.368 e. The van der Waals surface area contributed by atoms with Gasteiger partial charge in [0.05, 0.1) is 12.2 Å². The molecular weight excluding hydrogens is 140 g/mol. The summed E-state index contributed by atoms with van der Waals surface area (Å²) in [5, 5.41) is 3.22. The number of nitrogens with two attached hydrogens (primary N) is 1. The molecule has 0 aliphatic carbocycles. The smallest absolute Gasteiger partial charge is 0.127 e. The first-order valence-corrected chi connectivity index (χ1v) is 3.84. The van der Waals surface area contributed by atoms with Gasteiger partial charge in [-0.2, -0.15) is 0 Å². The van der Waals surface area contributed by atoms with Gasteiger partial charge in [0, 0.05) is 13.1 Å². The third kappa shape index (κ3) is 0.903. The summed E-state index contributed by atoms with van der Waals surface area (Å²) >= 11 is 0. The molecule has 2 heterocycles. The van der Waals surface area contributed by atoms with Crippen LogP contribution >= 0.6 is 0 Å². The van der Waals surface area contributed by atoms with E-state index in [0.717, 1.165) is 24.7 Å². The van der Waals surface area contributed by atoms with E-state index >= 15 is 0 Å². The van der Waals surface area contributed by atoms with Crippen LogP contribution in [0.15, 0.2) is 6.20 Å². The third-order valence-corrected chi connectivity index (χ3v) is 1.94. The molecule has 1 aliphatic rings. The van der Waals surface area contributed by atoms with Gasteiger partial charge in [-0.05, 0) is 6.92 Å². The van der Waals surface area contributed by atoms with Crippen molar-refractivity contribution in [1.82, 2.24) is 9.55 Å². The van der Waals surface area contributed by atoms with Crippen LogP contribution in [0, 0.1) is 0 Å². The van der Waals surface area contributed by atoms with Crippen molar-refractivity contribution in [3.05, 3.63) is 12.0 Å². The first-order chi connectivity index (χ1) is 5.29. The second kappa shape index (κ2) is 2.23. The molecular formula is C7H12N4. The van der Waals surface area contributed by atoms with Crippen LogP contribution in [-0.2, 0) is 6.54 Å². The van der Waals surface area contributed by atoms with Crippen molar-refractivity contribution in [1.29, 1.82) is 0 Å². The van der Waals surface area contributed by atoms with Crippen molar-refractivity contribution in [2.45, 2.75) is 19.5 Å². The maximum absolute atomic E-state index is 5.72. The van der Waals surface area contributed by atoms with Crippen LogP contribution in [-0.4, -0.2) is 16.1 Å². The van der Waals surface area contributed by atoms with Crippen molar-refractivity contribution in [3.63, 3.8) is 0 Å². The van der Waals surface area contributed by atoms with Crippen molar-refractivity contribution >= 4 is 5.82 Å². The summed E-state index contributed by atoms with van der Waals surface area (Å²) in [6.07, 6.45) is 1.84. The van der Waals surface area contributed by atoms with E-state index in [1.54, 1.807) is 0 Å². The molecule has 1 atom stereocenters. The van der Waals surface area contributed by atoms with Gasteiger partial charge in [0.25, 0.3) is 0 Å². The Bertz CT molecular complexity index is 263. The molecule has 0 amide bonds. The predicted molar refractivity (Wildman–Crippen MR) is 43.3 cm³/mol. The molecule has 0 radical (unpaired) electrons. The van der Waals surface area contributed by atoms with Crippen LogP contribution in [0.4, 0.5) is 5.82 Å². The molecule has 0 aromatic carbocycles. The summed E-state index contributed by atoms with van der Waals surface area (Å²) in [7, 11) is 0. The zero-order valence-electron chi connectivity index (χ0n) is 6.54. The zero-order valence-corrected chi connectivity index (χ0v) is 6.54. The number of hydrogen-bond donors (Lipinski definition) is 2. The normalized spacial score (nSPS) is 17.6. The number of imidazole rings is 1. The standard InChI is InChI=1S/C7H12N4/c1-5(8)7-10-4-6-9-2-3-11(6)7/h4-5,9H,2-3,8H2,1H3. The maximum Gasteiger partial charge on any atom is 0.127 e. The summed E-state index contributed by atoms with van der Waals surface area (Å²) in [6, 6.07) is 0.0312. The maximum atomic E-state index is 5.72. The van der Waals surface area contributed by atoms with Gasteiger partial charge in [0.1, 0.15) is 11.6 Å². The minimum atomic E-state index is 0.0312. The van der Waals surface area contributed by atoms with E-state index in [1.165, 1.54) is 0 Å². The lowest BCUT2D eigenvalue weighted by Gasteiger charge is -2.05. The summed E-state index contributed by atoms with van der Waals surface area (Å²) in [4.78, 5) is 4.21. The highest BCUT2D eigenvalue weighted by Crippen LogP contribution is 2.19. The molecule has 0 saturated carbocycles. The molecule has 4 heteroatoms. The van der Waals surface area contributed by atoms with Gasteiger partial charge in [0.2, 0.25) is 0 Å². The summed E-state index contributed by atoms with van der Waals surface area (Å²) in [5.41, 5.74) is 5.72. The molecule has 0 bridgehead atoms. The van der Waals surface area contributed by atoms with E-state index in [0.29, 0.717) is 0 Å². The molecule has 0 fully saturated rings. The Kier molecular flexibility index (Phi) is 1.35. The topological polar surface area (TPSA) is 55.9 Å². The number of hydrogen-bond acceptors (Lipinski definition) is 3. The Balaban J connectivity index is 2.42. The van der Waals surface area contributed by atoms with E-state index < -0.39 is 0 Å². The number of nitrogens with one attached hydrogen (secondary N) is 1. The third-order valence-electron chi connectivity index (χ3n) is 1.94. The van der Waals surface area contributed by atoms with Gasteiger partial charge < -0.3 is 15.6 Å². The molecule has 1 unspecified atom stereocenters. The molecule has 11 heavy (non-hydrogen) atoms. The van der Waals surface area contributed by atoms with Gasteiger partial charge in [-0.15, -0.1) is 0 Å². The van der Waals surface area contributed by atoms with E-state index in [2.05, 4.69) is 14.9 Å². The average molecular weight is 152 g/mol. The number of fused-ring (bicyclic) bond motifs is 1.